The molecule has 2 aromatic carbocycles. The van der Waals surface area contributed by atoms with Crippen LogP contribution in [-0.2, 0) is 0 Å². The van der Waals surface area contributed by atoms with Gasteiger partial charge in [-0.15, -0.1) is 0 Å². The van der Waals surface area contributed by atoms with E-state index in [1.165, 1.54) is 11.1 Å². The lowest BCUT2D eigenvalue weighted by molar-refractivity contribution is 0.953. The highest BCUT2D eigenvalue weighted by molar-refractivity contribution is 6.31. The van der Waals surface area contributed by atoms with Crippen molar-refractivity contribution < 1.29 is 0 Å². The van der Waals surface area contributed by atoms with Gasteiger partial charge in [0.2, 0.25) is 0 Å². The molecule has 4 heteroatoms. The summed E-state index contributed by atoms with van der Waals surface area (Å²) in [6.07, 6.45) is 3.89. The van der Waals surface area contributed by atoms with Gasteiger partial charge in [-0.2, -0.15) is 0 Å². The lowest BCUT2D eigenvalue weighted by Crippen LogP contribution is -2.11. The average molecular weight is 332 g/mol. The Morgan fingerprint density at radius 3 is 2.62 bits per heavy atom. The lowest BCUT2D eigenvalue weighted by Gasteiger charge is -2.20. The molecule has 0 spiro atoms. The molecule has 0 amide bonds. The van der Waals surface area contributed by atoms with Crippen molar-refractivity contribution in [2.75, 3.05) is 5.32 Å². The van der Waals surface area contributed by atoms with Gasteiger partial charge in [-0.3, -0.25) is 0 Å². The summed E-state index contributed by atoms with van der Waals surface area (Å²) in [4.78, 5) is 7.80. The summed E-state index contributed by atoms with van der Waals surface area (Å²) in [6.45, 7) is 0. The number of aromatic nitrogens is 2. The monoisotopic (exact) mass is 331 g/mol. The Labute approximate surface area is 144 Å². The number of hydrogen-bond acceptors (Lipinski definition) is 2. The van der Waals surface area contributed by atoms with E-state index in [9.17, 15) is 0 Å². The van der Waals surface area contributed by atoms with Crippen LogP contribution in [0.5, 0.6) is 0 Å². The minimum Gasteiger partial charge on any atom is -0.374 e. The number of anilines is 1. The maximum Gasteiger partial charge on any atom is 0.138 e. The van der Waals surface area contributed by atoms with E-state index in [2.05, 4.69) is 51.7 Å². The maximum atomic E-state index is 6.50. The fourth-order valence-corrected chi connectivity index (χ4v) is 3.81. The molecular weight excluding hydrogens is 318 g/mol. The molecule has 3 heterocycles. The fourth-order valence-electron chi connectivity index (χ4n) is 3.57. The maximum absolute atomic E-state index is 6.50. The van der Waals surface area contributed by atoms with Crippen molar-refractivity contribution in [2.45, 2.75) is 6.04 Å². The van der Waals surface area contributed by atoms with Crippen molar-refractivity contribution in [3.05, 3.63) is 83.1 Å². The van der Waals surface area contributed by atoms with Gasteiger partial charge >= 0.3 is 0 Å². The number of fused-ring (bicyclic) bond motifs is 2. The zero-order chi connectivity index (χ0) is 16.1. The molecule has 4 aromatic rings. The molecule has 0 bridgehead atoms. The molecule has 116 valence electrons. The van der Waals surface area contributed by atoms with Crippen molar-refractivity contribution in [3.63, 3.8) is 0 Å². The van der Waals surface area contributed by atoms with E-state index in [0.29, 0.717) is 0 Å². The molecule has 0 radical (unpaired) electrons. The first-order valence-electron chi connectivity index (χ1n) is 7.89. The number of hydrogen-bond donors (Lipinski definition) is 2. The van der Waals surface area contributed by atoms with Gasteiger partial charge in [0.25, 0.3) is 0 Å². The van der Waals surface area contributed by atoms with Gasteiger partial charge in [0.1, 0.15) is 5.65 Å². The Hall–Kier alpha value is -2.78. The van der Waals surface area contributed by atoms with E-state index in [1.807, 2.05) is 30.6 Å². The van der Waals surface area contributed by atoms with Gasteiger partial charge in [0, 0.05) is 39.6 Å². The normalized spacial score (nSPS) is 15.6. The van der Waals surface area contributed by atoms with E-state index >= 15 is 0 Å². The smallest absolute Gasteiger partial charge is 0.138 e. The van der Waals surface area contributed by atoms with Gasteiger partial charge in [-0.25, -0.2) is 4.98 Å². The second-order valence-electron chi connectivity index (χ2n) is 5.97. The summed E-state index contributed by atoms with van der Waals surface area (Å²) in [7, 11) is 0. The number of nitrogens with one attached hydrogen (secondary N) is 2. The Morgan fingerprint density at radius 2 is 1.71 bits per heavy atom. The van der Waals surface area contributed by atoms with Crippen LogP contribution >= 0.6 is 11.6 Å². The first-order chi connectivity index (χ1) is 11.8. The largest absolute Gasteiger partial charge is 0.374 e. The molecule has 1 aliphatic rings. The third-order valence-electron chi connectivity index (χ3n) is 4.65. The number of para-hydroxylation sites is 1. The summed E-state index contributed by atoms with van der Waals surface area (Å²) >= 11 is 6.50. The third-order valence-corrected chi connectivity index (χ3v) is 4.99. The van der Waals surface area contributed by atoms with Crippen LogP contribution < -0.4 is 5.32 Å². The Bertz CT molecular complexity index is 1070. The molecule has 0 fully saturated rings. The van der Waals surface area contributed by atoms with Crippen LogP contribution in [0.2, 0.25) is 5.02 Å². The van der Waals surface area contributed by atoms with E-state index in [4.69, 9.17) is 11.6 Å². The SMILES string of the molecule is Clc1ccccc1C1Nc2ccccc2-c2ccnc3[nH]cc1c23. The number of H-pyrrole nitrogens is 1. The summed E-state index contributed by atoms with van der Waals surface area (Å²) in [5, 5.41) is 5.59. The second-order valence-corrected chi connectivity index (χ2v) is 6.38. The Balaban J connectivity index is 1.87. The lowest BCUT2D eigenvalue weighted by atomic mass is 9.97. The van der Waals surface area contributed by atoms with Gasteiger partial charge in [0.05, 0.1) is 6.04 Å². The minimum absolute atomic E-state index is 0.0287. The van der Waals surface area contributed by atoms with E-state index < -0.39 is 0 Å². The predicted molar refractivity (Wildman–Crippen MR) is 98.4 cm³/mol. The van der Waals surface area contributed by atoms with Crippen LogP contribution in [0.15, 0.2) is 67.0 Å². The zero-order valence-corrected chi connectivity index (χ0v) is 13.5. The molecule has 1 aliphatic heterocycles. The van der Waals surface area contributed by atoms with Gasteiger partial charge in [-0.05, 0) is 29.3 Å². The number of aromatic amines is 1. The van der Waals surface area contributed by atoms with Crippen molar-refractivity contribution >= 4 is 28.3 Å². The first-order valence-corrected chi connectivity index (χ1v) is 8.27. The van der Waals surface area contributed by atoms with Crippen LogP contribution in [0.1, 0.15) is 17.2 Å². The van der Waals surface area contributed by atoms with Crippen molar-refractivity contribution in [1.29, 1.82) is 0 Å². The average Bonchev–Trinajstić information content (AvgIpc) is 2.98. The highest BCUT2D eigenvalue weighted by Gasteiger charge is 2.26. The van der Waals surface area contributed by atoms with Crippen molar-refractivity contribution in [1.82, 2.24) is 9.97 Å². The minimum atomic E-state index is -0.0287. The summed E-state index contributed by atoms with van der Waals surface area (Å²) in [5.41, 5.74) is 6.60. The van der Waals surface area contributed by atoms with Crippen LogP contribution in [0, 0.1) is 0 Å². The van der Waals surface area contributed by atoms with E-state index in [1.54, 1.807) is 0 Å². The quantitative estimate of drug-likeness (QED) is 0.490. The molecule has 2 N–H and O–H groups in total. The Kier molecular flexibility index (Phi) is 2.91. The molecule has 1 atom stereocenters. The molecule has 2 aromatic heterocycles. The molecule has 0 saturated heterocycles. The van der Waals surface area contributed by atoms with Crippen LogP contribution in [-0.4, -0.2) is 9.97 Å². The molecule has 1 unspecified atom stereocenters. The molecule has 3 nitrogen and oxygen atoms in total. The number of pyridine rings is 1. The number of halogens is 1. The molecule has 0 aliphatic carbocycles. The number of nitrogens with zero attached hydrogens (tertiary/aromatic N) is 1. The van der Waals surface area contributed by atoms with E-state index in [-0.39, 0.29) is 6.04 Å². The van der Waals surface area contributed by atoms with Gasteiger partial charge < -0.3 is 10.3 Å². The summed E-state index contributed by atoms with van der Waals surface area (Å²) in [5.74, 6) is 0. The molecule has 24 heavy (non-hydrogen) atoms. The first kappa shape index (κ1) is 13.6. The topological polar surface area (TPSA) is 40.7 Å². The summed E-state index contributed by atoms with van der Waals surface area (Å²) in [6, 6.07) is 18.4. The van der Waals surface area contributed by atoms with Gasteiger partial charge in [-0.1, -0.05) is 48.0 Å². The highest BCUT2D eigenvalue weighted by atomic mass is 35.5. The van der Waals surface area contributed by atoms with Crippen LogP contribution in [0.3, 0.4) is 0 Å². The zero-order valence-electron chi connectivity index (χ0n) is 12.8. The molecular formula is C20H14ClN3. The van der Waals surface area contributed by atoms with Crippen LogP contribution in [0.25, 0.3) is 22.2 Å². The number of benzene rings is 2. The third kappa shape index (κ3) is 1.88. The highest BCUT2D eigenvalue weighted by Crippen LogP contribution is 2.44. The number of rotatable bonds is 1. The standard InChI is InChI=1S/C20H14ClN3/c21-16-7-3-1-6-14(16)19-15-11-23-20-18(15)13(9-10-22-20)12-5-2-4-8-17(12)24-19/h1-11,19,24H,(H,22,23). The van der Waals surface area contributed by atoms with E-state index in [0.717, 1.165) is 32.9 Å². The van der Waals surface area contributed by atoms with Gasteiger partial charge in [0.15, 0.2) is 0 Å². The fraction of sp³-hybridized carbons (Fsp3) is 0.0500. The van der Waals surface area contributed by atoms with Crippen molar-refractivity contribution in [2.24, 2.45) is 0 Å². The molecule has 5 rings (SSSR count). The van der Waals surface area contributed by atoms with Crippen molar-refractivity contribution in [3.8, 4) is 11.1 Å². The summed E-state index contributed by atoms with van der Waals surface area (Å²) < 4.78 is 0. The molecule has 0 saturated carbocycles. The van der Waals surface area contributed by atoms with Crippen LogP contribution in [0.4, 0.5) is 5.69 Å². The predicted octanol–water partition coefficient (Wildman–Crippen LogP) is 5.40. The Morgan fingerprint density at radius 1 is 0.875 bits per heavy atom. The second kappa shape index (κ2) is 5.11.